The molecular weight excluding hydrogens is 263 g/mol. The normalized spacial score (nSPS) is 11.3. The molecule has 5 heteroatoms. The van der Waals surface area contributed by atoms with Crippen LogP contribution in [0, 0.1) is 19.7 Å². The fourth-order valence-electron chi connectivity index (χ4n) is 2.69. The average Bonchev–Trinajstić information content (AvgIpc) is 2.32. The van der Waals surface area contributed by atoms with Crippen LogP contribution in [0.2, 0.25) is 0 Å². The highest BCUT2D eigenvalue weighted by Crippen LogP contribution is 2.44. The lowest BCUT2D eigenvalue weighted by Gasteiger charge is -2.29. The molecule has 20 heavy (non-hydrogen) atoms. The zero-order valence-corrected chi connectivity index (χ0v) is 12.8. The molecule has 4 nitrogen and oxygen atoms in total. The highest BCUT2D eigenvalue weighted by molar-refractivity contribution is 5.70. The van der Waals surface area contributed by atoms with Gasteiger partial charge in [0, 0.05) is 22.1 Å². The van der Waals surface area contributed by atoms with Gasteiger partial charge in [0.05, 0.1) is 20.6 Å². The summed E-state index contributed by atoms with van der Waals surface area (Å²) in [6, 6.07) is 0. The summed E-state index contributed by atoms with van der Waals surface area (Å²) in [6.07, 6.45) is -0.0849. The molecule has 1 aromatic rings. The summed E-state index contributed by atoms with van der Waals surface area (Å²) in [7, 11) is 2.85. The van der Waals surface area contributed by atoms with Gasteiger partial charge in [0.2, 0.25) is 0 Å². The van der Waals surface area contributed by atoms with Crippen LogP contribution in [0.1, 0.15) is 37.0 Å². The topological polar surface area (TPSA) is 55.8 Å². The molecule has 0 fully saturated rings. The van der Waals surface area contributed by atoms with Crippen molar-refractivity contribution in [3.05, 3.63) is 22.5 Å². The van der Waals surface area contributed by atoms with Gasteiger partial charge in [-0.3, -0.25) is 4.79 Å². The maximum Gasteiger partial charge on any atom is 0.304 e. The first-order chi connectivity index (χ1) is 9.17. The molecule has 0 atom stereocenters. The first kappa shape index (κ1) is 16.3. The Labute approximate surface area is 118 Å². The number of hydrogen-bond acceptors (Lipinski definition) is 3. The molecule has 0 saturated carbocycles. The summed E-state index contributed by atoms with van der Waals surface area (Å²) in [4.78, 5) is 11.1. The van der Waals surface area contributed by atoms with E-state index in [0.717, 1.165) is 0 Å². The minimum absolute atomic E-state index is 0.0849. The molecule has 1 rings (SSSR count). The molecule has 0 unspecified atom stereocenters. The van der Waals surface area contributed by atoms with Gasteiger partial charge in [0.15, 0.2) is 11.6 Å². The third-order valence-electron chi connectivity index (χ3n) is 3.49. The van der Waals surface area contributed by atoms with E-state index in [1.807, 2.05) is 0 Å². The van der Waals surface area contributed by atoms with Crippen LogP contribution in [0.15, 0.2) is 0 Å². The molecule has 0 aliphatic rings. The van der Waals surface area contributed by atoms with Gasteiger partial charge in [-0.15, -0.1) is 0 Å². The standard InChI is InChI=1S/C15H21FO4/c1-8-11(15(3,4)7-10(17)18)13(19-5)9(2)12(16)14(8)20-6/h7H2,1-6H3,(H,17,18). The summed E-state index contributed by atoms with van der Waals surface area (Å²) >= 11 is 0. The second kappa shape index (κ2) is 5.69. The number of aliphatic carboxylic acids is 1. The van der Waals surface area contributed by atoms with Gasteiger partial charge in [0.25, 0.3) is 0 Å². The van der Waals surface area contributed by atoms with Crippen molar-refractivity contribution in [2.45, 2.75) is 39.5 Å². The fraction of sp³-hybridized carbons (Fsp3) is 0.533. The van der Waals surface area contributed by atoms with Crippen molar-refractivity contribution in [2.75, 3.05) is 14.2 Å². The summed E-state index contributed by atoms with van der Waals surface area (Å²) < 4.78 is 24.7. The van der Waals surface area contributed by atoms with Crippen LogP contribution in [0.3, 0.4) is 0 Å². The Morgan fingerprint density at radius 3 is 2.05 bits per heavy atom. The Morgan fingerprint density at radius 2 is 1.65 bits per heavy atom. The van der Waals surface area contributed by atoms with Gasteiger partial charge < -0.3 is 14.6 Å². The van der Waals surface area contributed by atoms with Crippen LogP contribution in [0.25, 0.3) is 0 Å². The second-order valence-electron chi connectivity index (χ2n) is 5.46. The van der Waals surface area contributed by atoms with Gasteiger partial charge in [-0.25, -0.2) is 4.39 Å². The lowest BCUT2D eigenvalue weighted by atomic mass is 9.77. The van der Waals surface area contributed by atoms with Crippen molar-refractivity contribution < 1.29 is 23.8 Å². The van der Waals surface area contributed by atoms with Gasteiger partial charge in [-0.2, -0.15) is 0 Å². The van der Waals surface area contributed by atoms with Crippen LogP contribution >= 0.6 is 0 Å². The van der Waals surface area contributed by atoms with Crippen LogP contribution in [-0.2, 0) is 10.2 Å². The first-order valence-corrected chi connectivity index (χ1v) is 6.30. The van der Waals surface area contributed by atoms with Gasteiger partial charge in [-0.1, -0.05) is 13.8 Å². The SMILES string of the molecule is COc1c(C)c(C(C)(C)CC(=O)O)c(OC)c(C)c1F. The van der Waals surface area contributed by atoms with Gasteiger partial charge in [0.1, 0.15) is 5.75 Å². The molecule has 0 aromatic heterocycles. The molecule has 0 amide bonds. The molecule has 0 aliphatic carbocycles. The third-order valence-corrected chi connectivity index (χ3v) is 3.49. The highest BCUT2D eigenvalue weighted by atomic mass is 19.1. The summed E-state index contributed by atoms with van der Waals surface area (Å²) in [6.45, 7) is 6.89. The van der Waals surface area contributed by atoms with Gasteiger partial charge >= 0.3 is 5.97 Å². The molecule has 1 N–H and O–H groups in total. The van der Waals surface area contributed by atoms with E-state index in [1.54, 1.807) is 27.7 Å². The van der Waals surface area contributed by atoms with Crippen LogP contribution in [0.5, 0.6) is 11.5 Å². The molecule has 0 saturated heterocycles. The Bertz CT molecular complexity index is 535. The minimum Gasteiger partial charge on any atom is -0.496 e. The van der Waals surface area contributed by atoms with E-state index in [0.29, 0.717) is 22.4 Å². The van der Waals surface area contributed by atoms with Crippen LogP contribution in [-0.4, -0.2) is 25.3 Å². The number of hydrogen-bond donors (Lipinski definition) is 1. The molecule has 0 radical (unpaired) electrons. The zero-order chi connectivity index (χ0) is 15.7. The van der Waals surface area contributed by atoms with Crippen molar-refractivity contribution in [1.29, 1.82) is 0 Å². The maximum absolute atomic E-state index is 14.2. The van der Waals surface area contributed by atoms with Crippen molar-refractivity contribution in [1.82, 2.24) is 0 Å². The van der Waals surface area contributed by atoms with E-state index >= 15 is 0 Å². The number of methoxy groups -OCH3 is 2. The molecule has 0 spiro atoms. The van der Waals surface area contributed by atoms with Crippen molar-refractivity contribution >= 4 is 5.97 Å². The predicted molar refractivity (Wildman–Crippen MR) is 74.3 cm³/mol. The summed E-state index contributed by atoms with van der Waals surface area (Å²) in [5.74, 6) is -0.877. The van der Waals surface area contributed by atoms with Gasteiger partial charge in [-0.05, 0) is 13.8 Å². The lowest BCUT2D eigenvalue weighted by molar-refractivity contribution is -0.138. The number of carboxylic acids is 1. The van der Waals surface area contributed by atoms with E-state index in [-0.39, 0.29) is 12.2 Å². The Balaban J connectivity index is 3.68. The van der Waals surface area contributed by atoms with Crippen molar-refractivity contribution in [3.63, 3.8) is 0 Å². The monoisotopic (exact) mass is 284 g/mol. The summed E-state index contributed by atoms with van der Waals surface area (Å²) in [5.41, 5.74) is 0.854. The number of halogens is 1. The van der Waals surface area contributed by atoms with Crippen molar-refractivity contribution in [3.8, 4) is 11.5 Å². The van der Waals surface area contributed by atoms with E-state index in [9.17, 15) is 9.18 Å². The first-order valence-electron chi connectivity index (χ1n) is 6.30. The number of rotatable bonds is 5. The average molecular weight is 284 g/mol. The Kier molecular flexibility index (Phi) is 4.63. The number of carboxylic acid groups (broad SMARTS) is 1. The Hall–Kier alpha value is -1.78. The number of carbonyl (C=O) groups is 1. The Morgan fingerprint density at radius 1 is 1.15 bits per heavy atom. The smallest absolute Gasteiger partial charge is 0.304 e. The molecule has 1 aromatic carbocycles. The predicted octanol–water partition coefficient (Wildman–Crippen LogP) is 3.21. The molecule has 0 bridgehead atoms. The number of benzene rings is 1. The minimum atomic E-state index is -0.919. The second-order valence-corrected chi connectivity index (χ2v) is 5.46. The van der Waals surface area contributed by atoms with E-state index in [1.165, 1.54) is 14.2 Å². The molecule has 0 aliphatic heterocycles. The quantitative estimate of drug-likeness (QED) is 0.902. The zero-order valence-electron chi connectivity index (χ0n) is 12.8. The number of ether oxygens (including phenoxy) is 2. The molecule has 0 heterocycles. The molecule has 112 valence electrons. The third kappa shape index (κ3) is 2.71. The van der Waals surface area contributed by atoms with Crippen LogP contribution in [0.4, 0.5) is 4.39 Å². The van der Waals surface area contributed by atoms with E-state index in [4.69, 9.17) is 14.6 Å². The lowest BCUT2D eigenvalue weighted by Crippen LogP contribution is -2.24. The van der Waals surface area contributed by atoms with E-state index < -0.39 is 17.2 Å². The van der Waals surface area contributed by atoms with E-state index in [2.05, 4.69) is 0 Å². The fourth-order valence-corrected chi connectivity index (χ4v) is 2.69. The molecular formula is C15H21FO4. The van der Waals surface area contributed by atoms with Crippen LogP contribution < -0.4 is 9.47 Å². The summed E-state index contributed by atoms with van der Waals surface area (Å²) in [5, 5.41) is 9.07. The largest absolute Gasteiger partial charge is 0.496 e. The maximum atomic E-state index is 14.2. The highest BCUT2D eigenvalue weighted by Gasteiger charge is 2.33. The van der Waals surface area contributed by atoms with Crippen molar-refractivity contribution in [2.24, 2.45) is 0 Å².